The van der Waals surface area contributed by atoms with Gasteiger partial charge in [-0.1, -0.05) is 29.4 Å². The second-order valence-corrected chi connectivity index (χ2v) is 13.2. The van der Waals surface area contributed by atoms with Crippen LogP contribution in [0.3, 0.4) is 0 Å². The number of halogens is 1. The number of anilines is 3. The minimum absolute atomic E-state index is 0.0779. The predicted octanol–water partition coefficient (Wildman–Crippen LogP) is 4.57. The van der Waals surface area contributed by atoms with Crippen LogP contribution in [-0.2, 0) is 20.0 Å². The van der Waals surface area contributed by atoms with Crippen molar-refractivity contribution in [2.75, 3.05) is 42.7 Å². The molecular weight excluding hydrogens is 557 g/mol. The van der Waals surface area contributed by atoms with Crippen LogP contribution in [0.15, 0.2) is 46.6 Å². The highest BCUT2D eigenvalue weighted by molar-refractivity contribution is 7.99. The second kappa shape index (κ2) is 11.2. The number of hydrogen-bond donors (Lipinski definition) is 3. The molecule has 39 heavy (non-hydrogen) atoms. The average molecular weight is 590 g/mol. The smallest absolute Gasteiger partial charge is 0.361 e. The van der Waals surface area contributed by atoms with E-state index < -0.39 is 7.60 Å². The lowest BCUT2D eigenvalue weighted by Crippen LogP contribution is -2.44. The maximum Gasteiger partial charge on any atom is 0.361 e. The SMILES string of the molecule is CCOP(=O)(OCC)c1ccc2c(c1)[C@@H](N)C1(CCN(c3cnc(Sc4ccnc(N)c4Cl)c(N)n3)CC1)C2. The normalized spacial score (nSPS) is 18.5. The summed E-state index contributed by atoms with van der Waals surface area (Å²) in [5.74, 6) is 1.32. The summed E-state index contributed by atoms with van der Waals surface area (Å²) in [5, 5.41) is 1.49. The third-order valence-electron chi connectivity index (χ3n) is 7.50. The summed E-state index contributed by atoms with van der Waals surface area (Å²) >= 11 is 7.57. The van der Waals surface area contributed by atoms with Gasteiger partial charge in [0.2, 0.25) is 0 Å². The van der Waals surface area contributed by atoms with E-state index in [1.807, 2.05) is 32.0 Å². The average Bonchev–Trinajstić information content (AvgIpc) is 3.19. The van der Waals surface area contributed by atoms with E-state index in [2.05, 4.69) is 19.9 Å². The molecule has 208 valence electrons. The van der Waals surface area contributed by atoms with Gasteiger partial charge in [0, 0.05) is 30.2 Å². The van der Waals surface area contributed by atoms with Gasteiger partial charge in [0.25, 0.3) is 0 Å². The maximum atomic E-state index is 13.3. The van der Waals surface area contributed by atoms with Crippen molar-refractivity contribution in [1.82, 2.24) is 15.0 Å². The lowest BCUT2D eigenvalue weighted by Gasteiger charge is -2.42. The van der Waals surface area contributed by atoms with Crippen molar-refractivity contribution in [3.63, 3.8) is 0 Å². The van der Waals surface area contributed by atoms with Crippen molar-refractivity contribution in [3.05, 3.63) is 52.8 Å². The van der Waals surface area contributed by atoms with Crippen molar-refractivity contribution < 1.29 is 13.6 Å². The van der Waals surface area contributed by atoms with Gasteiger partial charge in [0.1, 0.15) is 16.7 Å². The molecule has 1 aliphatic carbocycles. The third-order valence-corrected chi connectivity index (χ3v) is 11.2. The Kier molecular flexibility index (Phi) is 8.10. The van der Waals surface area contributed by atoms with Crippen LogP contribution in [0.2, 0.25) is 5.02 Å². The largest absolute Gasteiger partial charge is 0.382 e. The van der Waals surface area contributed by atoms with Gasteiger partial charge in [-0.25, -0.2) is 15.0 Å². The monoisotopic (exact) mass is 589 g/mol. The van der Waals surface area contributed by atoms with Gasteiger partial charge in [0.15, 0.2) is 5.82 Å². The first-order valence-corrected chi connectivity index (χ1v) is 15.7. The van der Waals surface area contributed by atoms with Crippen LogP contribution in [0.25, 0.3) is 0 Å². The lowest BCUT2D eigenvalue weighted by atomic mass is 9.73. The highest BCUT2D eigenvalue weighted by Gasteiger charge is 2.46. The summed E-state index contributed by atoms with van der Waals surface area (Å²) in [7, 11) is -3.38. The molecule has 10 nitrogen and oxygen atoms in total. The topological polar surface area (TPSA) is 156 Å². The molecule has 13 heteroatoms. The zero-order chi connectivity index (χ0) is 27.8. The van der Waals surface area contributed by atoms with E-state index in [0.29, 0.717) is 34.4 Å². The molecule has 0 saturated carbocycles. The molecule has 6 N–H and O–H groups in total. The Morgan fingerprint density at radius 1 is 1.13 bits per heavy atom. The van der Waals surface area contributed by atoms with Crippen molar-refractivity contribution in [3.8, 4) is 0 Å². The minimum Gasteiger partial charge on any atom is -0.382 e. The van der Waals surface area contributed by atoms with Crippen molar-refractivity contribution >= 4 is 53.7 Å². The van der Waals surface area contributed by atoms with E-state index in [1.165, 1.54) is 17.3 Å². The van der Waals surface area contributed by atoms with Crippen LogP contribution >= 0.6 is 31.0 Å². The van der Waals surface area contributed by atoms with Gasteiger partial charge in [0.05, 0.1) is 29.7 Å². The van der Waals surface area contributed by atoms with Crippen molar-refractivity contribution in [1.29, 1.82) is 0 Å². The lowest BCUT2D eigenvalue weighted by molar-refractivity contribution is 0.187. The highest BCUT2D eigenvalue weighted by Crippen LogP contribution is 2.53. The maximum absolute atomic E-state index is 13.3. The van der Waals surface area contributed by atoms with Gasteiger partial charge in [-0.05, 0) is 67.9 Å². The molecule has 1 spiro atoms. The summed E-state index contributed by atoms with van der Waals surface area (Å²) in [5.41, 5.74) is 21.1. The molecule has 0 bridgehead atoms. The summed E-state index contributed by atoms with van der Waals surface area (Å²) in [6.07, 6.45) is 5.98. The number of nitrogen functional groups attached to an aromatic ring is 2. The summed E-state index contributed by atoms with van der Waals surface area (Å²) in [6.45, 7) is 5.78. The zero-order valence-corrected chi connectivity index (χ0v) is 24.4. The Bertz CT molecular complexity index is 1410. The number of benzene rings is 1. The minimum atomic E-state index is -3.38. The molecule has 1 saturated heterocycles. The molecule has 1 aliphatic heterocycles. The van der Waals surface area contributed by atoms with Crippen LogP contribution in [0.1, 0.15) is 43.9 Å². The number of rotatable bonds is 8. The predicted molar refractivity (Wildman–Crippen MR) is 156 cm³/mol. The first-order valence-electron chi connectivity index (χ1n) is 12.9. The Morgan fingerprint density at radius 3 is 2.51 bits per heavy atom. The molecule has 1 aromatic carbocycles. The second-order valence-electron chi connectivity index (χ2n) is 9.75. The van der Waals surface area contributed by atoms with Gasteiger partial charge >= 0.3 is 7.60 Å². The van der Waals surface area contributed by atoms with E-state index in [9.17, 15) is 4.57 Å². The molecule has 3 heterocycles. The van der Waals surface area contributed by atoms with E-state index >= 15 is 0 Å². The number of aromatic nitrogens is 3. The highest BCUT2D eigenvalue weighted by atomic mass is 35.5. The molecular formula is C26H33ClN7O3PS. The summed E-state index contributed by atoms with van der Waals surface area (Å²) in [6, 6.07) is 7.41. The molecule has 0 amide bonds. The van der Waals surface area contributed by atoms with Gasteiger partial charge in [-0.2, -0.15) is 0 Å². The van der Waals surface area contributed by atoms with Crippen LogP contribution in [-0.4, -0.2) is 41.3 Å². The third kappa shape index (κ3) is 5.36. The number of nitrogens with zero attached hydrogens (tertiary/aromatic N) is 4. The van der Waals surface area contributed by atoms with E-state index in [0.717, 1.165) is 48.6 Å². The van der Waals surface area contributed by atoms with Crippen LogP contribution < -0.4 is 27.4 Å². The molecule has 1 fully saturated rings. The van der Waals surface area contributed by atoms with Gasteiger partial charge < -0.3 is 31.1 Å². The Labute approximate surface area is 237 Å². The number of hydrogen-bond acceptors (Lipinski definition) is 11. The Hall–Kier alpha value is -2.40. The first kappa shape index (κ1) is 28.1. The number of nitrogens with two attached hydrogens (primary N) is 3. The number of pyridine rings is 1. The standard InChI is InChI=1S/C26H33ClN7O3PS/c1-3-36-38(35,37-4-2)17-6-5-16-14-26(22(28)18(16)13-17)8-11-34(12-9-26)20-15-32-25(24(30)33-20)39-19-7-10-31-23(29)21(19)27/h5-7,10,13,15,22H,3-4,8-9,11-12,14,28H2,1-2H3,(H2,29,31)(H2,30,33)/t22-/m1/s1. The number of fused-ring (bicyclic) bond motifs is 1. The zero-order valence-electron chi connectivity index (χ0n) is 22.0. The van der Waals surface area contributed by atoms with Crippen LogP contribution in [0, 0.1) is 5.41 Å². The molecule has 3 aromatic rings. The van der Waals surface area contributed by atoms with E-state index in [4.69, 9.17) is 37.8 Å². The quantitative estimate of drug-likeness (QED) is 0.316. The van der Waals surface area contributed by atoms with Crippen molar-refractivity contribution in [2.24, 2.45) is 11.1 Å². The first-order chi connectivity index (χ1) is 18.7. The summed E-state index contributed by atoms with van der Waals surface area (Å²) < 4.78 is 24.5. The Morgan fingerprint density at radius 2 is 1.85 bits per heavy atom. The Balaban J connectivity index is 1.29. The molecule has 0 unspecified atom stereocenters. The van der Waals surface area contributed by atoms with E-state index in [1.54, 1.807) is 18.5 Å². The molecule has 1 atom stereocenters. The van der Waals surface area contributed by atoms with E-state index in [-0.39, 0.29) is 17.3 Å². The van der Waals surface area contributed by atoms with Gasteiger partial charge in [-0.3, -0.25) is 4.57 Å². The fourth-order valence-corrected chi connectivity index (χ4v) is 8.08. The van der Waals surface area contributed by atoms with Crippen LogP contribution in [0.5, 0.6) is 0 Å². The van der Waals surface area contributed by atoms with Gasteiger partial charge in [-0.15, -0.1) is 0 Å². The summed E-state index contributed by atoms with van der Waals surface area (Å²) in [4.78, 5) is 16.1. The fraction of sp³-hybridized carbons (Fsp3) is 0.423. The molecule has 2 aliphatic rings. The van der Waals surface area contributed by atoms with Crippen LogP contribution in [0.4, 0.5) is 17.5 Å². The molecule has 5 rings (SSSR count). The number of piperidine rings is 1. The molecule has 2 aromatic heterocycles. The molecule has 0 radical (unpaired) electrons. The fourth-order valence-electron chi connectivity index (χ4n) is 5.46. The van der Waals surface area contributed by atoms with Crippen molar-refractivity contribution in [2.45, 2.75) is 49.1 Å².